The van der Waals surface area contributed by atoms with Crippen LogP contribution in [0.2, 0.25) is 0 Å². The molecule has 1 saturated heterocycles. The van der Waals surface area contributed by atoms with Gasteiger partial charge in [-0.15, -0.1) is 0 Å². The number of nitro groups is 1. The Morgan fingerprint density at radius 2 is 2.14 bits per heavy atom. The Labute approximate surface area is 128 Å². The molecule has 0 bridgehead atoms. The lowest BCUT2D eigenvalue weighted by Gasteiger charge is -2.29. The smallest absolute Gasteiger partial charge is 0.262 e. The topological polar surface area (TPSA) is 55.6 Å². The maximum atomic E-state index is 10.4. The second kappa shape index (κ2) is 11.1. The molecule has 1 aliphatic heterocycles. The molecule has 0 radical (unpaired) electrons. The van der Waals surface area contributed by atoms with Gasteiger partial charge in [-0.25, -0.2) is 0 Å². The minimum absolute atomic E-state index is 0.139. The Kier molecular flexibility index (Phi) is 10.2. The van der Waals surface area contributed by atoms with Gasteiger partial charge in [0.15, 0.2) is 0 Å². The average molecular weight is 296 g/mol. The number of likely N-dealkylation sites (tertiary alicyclic amines) is 1. The van der Waals surface area contributed by atoms with Crippen molar-refractivity contribution < 1.29 is 9.66 Å². The normalized spacial score (nSPS) is 19.8. The molecule has 1 unspecified atom stereocenters. The molecule has 1 heterocycles. The van der Waals surface area contributed by atoms with Crippen molar-refractivity contribution in [3.05, 3.63) is 46.4 Å². The summed E-state index contributed by atoms with van der Waals surface area (Å²) >= 11 is 0. The standard InChI is InChI=1S/C14H22N2O3.C2H6/c1-4-14(8-7-12(2)16(17)18)19-11-13-6-5-9-15(3)10-13;1-2/h4,7-8,13H,2,5-6,9-11H2,1,3H3;1-2H3/b8-7-,14-4+;. The highest BCUT2D eigenvalue weighted by Gasteiger charge is 2.17. The number of rotatable bonds is 6. The van der Waals surface area contributed by atoms with Crippen molar-refractivity contribution in [3.63, 3.8) is 0 Å². The number of allylic oxidation sites excluding steroid dienone is 3. The summed E-state index contributed by atoms with van der Waals surface area (Å²) in [5.41, 5.74) is -0.139. The maximum absolute atomic E-state index is 10.4. The quantitative estimate of drug-likeness (QED) is 0.325. The van der Waals surface area contributed by atoms with Crippen LogP contribution in [0.5, 0.6) is 0 Å². The molecule has 1 aliphatic rings. The van der Waals surface area contributed by atoms with Gasteiger partial charge in [0.1, 0.15) is 5.76 Å². The lowest BCUT2D eigenvalue weighted by Crippen LogP contribution is -2.34. The van der Waals surface area contributed by atoms with Crippen molar-refractivity contribution in [3.8, 4) is 0 Å². The monoisotopic (exact) mass is 296 g/mol. The molecule has 5 heteroatoms. The van der Waals surface area contributed by atoms with Crippen molar-refractivity contribution >= 4 is 0 Å². The zero-order valence-corrected chi connectivity index (χ0v) is 13.7. The lowest BCUT2D eigenvalue weighted by atomic mass is 10.00. The zero-order chi connectivity index (χ0) is 16.3. The molecule has 0 aromatic heterocycles. The molecule has 5 nitrogen and oxygen atoms in total. The van der Waals surface area contributed by atoms with Crippen molar-refractivity contribution in [1.29, 1.82) is 0 Å². The Morgan fingerprint density at radius 3 is 2.67 bits per heavy atom. The number of hydrogen-bond acceptors (Lipinski definition) is 4. The van der Waals surface area contributed by atoms with Crippen LogP contribution >= 0.6 is 0 Å². The fourth-order valence-corrected chi connectivity index (χ4v) is 2.09. The van der Waals surface area contributed by atoms with E-state index in [1.54, 1.807) is 12.2 Å². The van der Waals surface area contributed by atoms with Crippen molar-refractivity contribution in [2.24, 2.45) is 5.92 Å². The van der Waals surface area contributed by atoms with Gasteiger partial charge >= 0.3 is 0 Å². The summed E-state index contributed by atoms with van der Waals surface area (Å²) in [7, 11) is 2.11. The Balaban J connectivity index is 0.00000191. The zero-order valence-electron chi connectivity index (χ0n) is 13.7. The third kappa shape index (κ3) is 8.30. The van der Waals surface area contributed by atoms with Gasteiger partial charge in [0.05, 0.1) is 11.5 Å². The molecule has 0 aromatic carbocycles. The Bertz CT molecular complexity index is 389. The first-order chi connectivity index (χ1) is 10.0. The third-order valence-corrected chi connectivity index (χ3v) is 3.17. The highest BCUT2D eigenvalue weighted by Crippen LogP contribution is 2.16. The predicted molar refractivity (Wildman–Crippen MR) is 86.6 cm³/mol. The second-order valence-electron chi connectivity index (χ2n) is 4.85. The SMILES string of the molecule is C=C(/C=C\C(=C/C)OCC1CCCN(C)C1)[N+](=O)[O-].CC. The van der Waals surface area contributed by atoms with E-state index in [1.165, 1.54) is 18.9 Å². The molecule has 1 rings (SSSR count). The molecular formula is C16H28N2O3. The van der Waals surface area contributed by atoms with Gasteiger partial charge in [-0.1, -0.05) is 13.8 Å². The highest BCUT2D eigenvalue weighted by molar-refractivity contribution is 5.18. The number of ether oxygens (including phenoxy) is 1. The molecule has 0 N–H and O–H groups in total. The van der Waals surface area contributed by atoms with E-state index in [0.29, 0.717) is 18.3 Å². The average Bonchev–Trinajstić information content (AvgIpc) is 2.49. The summed E-state index contributed by atoms with van der Waals surface area (Å²) < 4.78 is 5.69. The summed E-state index contributed by atoms with van der Waals surface area (Å²) in [6.45, 7) is 12.0. The molecule has 0 aliphatic carbocycles. The third-order valence-electron chi connectivity index (χ3n) is 3.17. The summed E-state index contributed by atoms with van der Waals surface area (Å²) in [5.74, 6) is 1.18. The van der Waals surface area contributed by atoms with Crippen LogP contribution in [0.15, 0.2) is 36.3 Å². The van der Waals surface area contributed by atoms with E-state index in [2.05, 4.69) is 18.5 Å². The van der Waals surface area contributed by atoms with E-state index < -0.39 is 4.92 Å². The number of hydrogen-bond donors (Lipinski definition) is 0. The van der Waals surface area contributed by atoms with Gasteiger partial charge < -0.3 is 9.64 Å². The van der Waals surface area contributed by atoms with Crippen molar-refractivity contribution in [2.45, 2.75) is 33.6 Å². The van der Waals surface area contributed by atoms with Gasteiger partial charge in [-0.05, 0) is 52.1 Å². The number of piperidine rings is 1. The maximum Gasteiger partial charge on any atom is 0.262 e. The molecule has 0 amide bonds. The Hall–Kier alpha value is -1.62. The second-order valence-corrected chi connectivity index (χ2v) is 4.85. The van der Waals surface area contributed by atoms with E-state index in [-0.39, 0.29) is 5.70 Å². The van der Waals surface area contributed by atoms with Gasteiger partial charge in [-0.2, -0.15) is 0 Å². The molecule has 0 aromatic rings. The highest BCUT2D eigenvalue weighted by atomic mass is 16.6. The van der Waals surface area contributed by atoms with Crippen LogP contribution in [0.4, 0.5) is 0 Å². The van der Waals surface area contributed by atoms with Gasteiger partial charge in [-0.3, -0.25) is 10.1 Å². The molecule has 120 valence electrons. The fraction of sp³-hybridized carbons (Fsp3) is 0.625. The molecule has 0 spiro atoms. The van der Waals surface area contributed by atoms with E-state index in [4.69, 9.17) is 4.74 Å². The van der Waals surface area contributed by atoms with E-state index in [1.807, 2.05) is 20.8 Å². The first-order valence-electron chi connectivity index (χ1n) is 7.52. The first-order valence-corrected chi connectivity index (χ1v) is 7.52. The van der Waals surface area contributed by atoms with Crippen LogP contribution in [0.25, 0.3) is 0 Å². The fourth-order valence-electron chi connectivity index (χ4n) is 2.09. The molecule has 1 atom stereocenters. The summed E-state index contributed by atoms with van der Waals surface area (Å²) in [6, 6.07) is 0. The lowest BCUT2D eigenvalue weighted by molar-refractivity contribution is -0.418. The summed E-state index contributed by atoms with van der Waals surface area (Å²) in [5, 5.41) is 10.4. The summed E-state index contributed by atoms with van der Waals surface area (Å²) in [6.07, 6.45) is 7.13. The van der Waals surface area contributed by atoms with E-state index in [0.717, 1.165) is 13.1 Å². The molecule has 0 saturated carbocycles. The van der Waals surface area contributed by atoms with Crippen LogP contribution in [0, 0.1) is 16.0 Å². The van der Waals surface area contributed by atoms with E-state index >= 15 is 0 Å². The predicted octanol–water partition coefficient (Wildman–Crippen LogP) is 3.62. The van der Waals surface area contributed by atoms with Gasteiger partial charge in [0, 0.05) is 18.5 Å². The first kappa shape index (κ1) is 19.4. The van der Waals surface area contributed by atoms with E-state index in [9.17, 15) is 10.1 Å². The number of nitrogens with zero attached hydrogens (tertiary/aromatic N) is 2. The molecule has 1 fully saturated rings. The van der Waals surface area contributed by atoms with Crippen LogP contribution in [0.3, 0.4) is 0 Å². The largest absolute Gasteiger partial charge is 0.494 e. The minimum Gasteiger partial charge on any atom is -0.494 e. The van der Waals surface area contributed by atoms with Gasteiger partial charge in [0.2, 0.25) is 0 Å². The van der Waals surface area contributed by atoms with Crippen LogP contribution in [0.1, 0.15) is 33.6 Å². The van der Waals surface area contributed by atoms with Gasteiger partial charge in [0.25, 0.3) is 5.70 Å². The van der Waals surface area contributed by atoms with Crippen molar-refractivity contribution in [2.75, 3.05) is 26.7 Å². The molecule has 21 heavy (non-hydrogen) atoms. The Morgan fingerprint density at radius 1 is 1.48 bits per heavy atom. The van der Waals surface area contributed by atoms with Crippen LogP contribution in [-0.2, 0) is 4.74 Å². The summed E-state index contributed by atoms with van der Waals surface area (Å²) in [4.78, 5) is 12.2. The minimum atomic E-state index is -0.514. The van der Waals surface area contributed by atoms with Crippen molar-refractivity contribution in [1.82, 2.24) is 4.90 Å². The van der Waals surface area contributed by atoms with Crippen LogP contribution < -0.4 is 0 Å². The molecular weight excluding hydrogens is 268 g/mol. The van der Waals surface area contributed by atoms with Crippen LogP contribution in [-0.4, -0.2) is 36.6 Å².